The van der Waals surface area contributed by atoms with E-state index in [1.165, 1.54) is 7.11 Å². The molecule has 6 heteroatoms. The van der Waals surface area contributed by atoms with Crippen molar-refractivity contribution in [2.24, 2.45) is 0 Å². The standard InChI is InChI=1S/C17H18ClNO4/c1-20-10-6-5-7-12-16(22-3)11-8-9-13(21-2)14(18)15(11)19-17(12)23-4/h8-9H,6,10H2,1-4H3. The molecule has 0 amide bonds. The van der Waals surface area contributed by atoms with Crippen LogP contribution in [0, 0.1) is 11.8 Å². The first-order chi connectivity index (χ1) is 11.2. The van der Waals surface area contributed by atoms with E-state index in [1.807, 2.05) is 6.07 Å². The summed E-state index contributed by atoms with van der Waals surface area (Å²) in [5.41, 5.74) is 1.13. The lowest BCUT2D eigenvalue weighted by molar-refractivity contribution is 0.206. The van der Waals surface area contributed by atoms with Crippen LogP contribution in [0.15, 0.2) is 12.1 Å². The summed E-state index contributed by atoms with van der Waals surface area (Å²) in [4.78, 5) is 4.46. The molecule has 0 atom stereocenters. The minimum absolute atomic E-state index is 0.356. The third-order valence-electron chi connectivity index (χ3n) is 3.24. The van der Waals surface area contributed by atoms with Crippen LogP contribution < -0.4 is 14.2 Å². The third-order valence-corrected chi connectivity index (χ3v) is 3.61. The molecule has 0 N–H and O–H groups in total. The summed E-state index contributed by atoms with van der Waals surface area (Å²) < 4.78 is 21.1. The largest absolute Gasteiger partial charge is 0.495 e. The Morgan fingerprint density at radius 1 is 1.09 bits per heavy atom. The molecule has 122 valence electrons. The summed E-state index contributed by atoms with van der Waals surface area (Å²) in [5.74, 6) is 7.53. The van der Waals surface area contributed by atoms with Crippen LogP contribution in [-0.2, 0) is 4.74 Å². The Labute approximate surface area is 140 Å². The number of methoxy groups -OCH3 is 4. The van der Waals surface area contributed by atoms with Crippen molar-refractivity contribution in [2.75, 3.05) is 35.0 Å². The SMILES string of the molecule is COCCC#Cc1c(OC)nc2c(Cl)c(OC)ccc2c1OC. The molecule has 2 rings (SSSR count). The van der Waals surface area contributed by atoms with Crippen molar-refractivity contribution in [1.82, 2.24) is 4.98 Å². The fraction of sp³-hybridized carbons (Fsp3) is 0.353. The lowest BCUT2D eigenvalue weighted by Gasteiger charge is -2.13. The van der Waals surface area contributed by atoms with E-state index >= 15 is 0 Å². The van der Waals surface area contributed by atoms with Crippen molar-refractivity contribution in [3.8, 4) is 29.2 Å². The van der Waals surface area contributed by atoms with E-state index in [9.17, 15) is 0 Å². The average Bonchev–Trinajstić information content (AvgIpc) is 2.58. The van der Waals surface area contributed by atoms with E-state index < -0.39 is 0 Å². The quantitative estimate of drug-likeness (QED) is 0.620. The number of fused-ring (bicyclic) bond motifs is 1. The number of hydrogen-bond donors (Lipinski definition) is 0. The van der Waals surface area contributed by atoms with Gasteiger partial charge in [0, 0.05) is 18.9 Å². The van der Waals surface area contributed by atoms with Gasteiger partial charge in [-0.05, 0) is 12.1 Å². The maximum atomic E-state index is 6.35. The molecule has 0 aliphatic carbocycles. The van der Waals surface area contributed by atoms with Gasteiger partial charge in [0.25, 0.3) is 0 Å². The van der Waals surface area contributed by atoms with Crippen LogP contribution in [0.1, 0.15) is 12.0 Å². The number of nitrogens with zero attached hydrogens (tertiary/aromatic N) is 1. The summed E-state index contributed by atoms with van der Waals surface area (Å²) >= 11 is 6.35. The Balaban J connectivity index is 2.68. The first-order valence-corrected chi connectivity index (χ1v) is 7.31. The molecule has 0 saturated carbocycles. The molecular weight excluding hydrogens is 318 g/mol. The smallest absolute Gasteiger partial charge is 0.233 e. The minimum Gasteiger partial charge on any atom is -0.495 e. The van der Waals surface area contributed by atoms with Crippen molar-refractivity contribution in [3.05, 3.63) is 22.7 Å². The molecule has 23 heavy (non-hydrogen) atoms. The molecular formula is C17H18ClNO4. The van der Waals surface area contributed by atoms with Gasteiger partial charge in [-0.15, -0.1) is 0 Å². The first-order valence-electron chi connectivity index (χ1n) is 6.93. The molecule has 0 aliphatic rings. The Kier molecular flexibility index (Phi) is 5.91. The maximum absolute atomic E-state index is 6.35. The van der Waals surface area contributed by atoms with Gasteiger partial charge in [0.2, 0.25) is 5.88 Å². The van der Waals surface area contributed by atoms with Crippen molar-refractivity contribution in [2.45, 2.75) is 6.42 Å². The van der Waals surface area contributed by atoms with E-state index in [4.69, 9.17) is 30.5 Å². The van der Waals surface area contributed by atoms with Crippen LogP contribution in [0.3, 0.4) is 0 Å². The predicted molar refractivity (Wildman–Crippen MR) is 89.8 cm³/mol. The minimum atomic E-state index is 0.356. The third kappa shape index (κ3) is 3.44. The van der Waals surface area contributed by atoms with E-state index in [0.717, 1.165) is 5.39 Å². The number of benzene rings is 1. The molecule has 0 radical (unpaired) electrons. The summed E-state index contributed by atoms with van der Waals surface area (Å²) in [7, 11) is 6.29. The van der Waals surface area contributed by atoms with Crippen LogP contribution >= 0.6 is 11.6 Å². The van der Waals surface area contributed by atoms with Gasteiger partial charge < -0.3 is 18.9 Å². The van der Waals surface area contributed by atoms with Crippen LogP contribution in [0.2, 0.25) is 5.02 Å². The maximum Gasteiger partial charge on any atom is 0.233 e. The fourth-order valence-electron chi connectivity index (χ4n) is 2.16. The van der Waals surface area contributed by atoms with Gasteiger partial charge in [-0.25, -0.2) is 4.98 Å². The normalized spacial score (nSPS) is 10.1. The zero-order valence-electron chi connectivity index (χ0n) is 13.5. The van der Waals surface area contributed by atoms with Gasteiger partial charge in [-0.3, -0.25) is 0 Å². The second-order valence-electron chi connectivity index (χ2n) is 4.55. The molecule has 0 aliphatic heterocycles. The van der Waals surface area contributed by atoms with E-state index in [0.29, 0.717) is 46.5 Å². The van der Waals surface area contributed by atoms with Crippen LogP contribution in [0.25, 0.3) is 10.9 Å². The van der Waals surface area contributed by atoms with Crippen LogP contribution in [0.5, 0.6) is 17.4 Å². The van der Waals surface area contributed by atoms with Gasteiger partial charge in [0.05, 0.1) is 27.9 Å². The summed E-state index contributed by atoms with van der Waals surface area (Å²) in [6.45, 7) is 0.557. The van der Waals surface area contributed by atoms with Crippen LogP contribution in [-0.4, -0.2) is 40.0 Å². The topological polar surface area (TPSA) is 49.8 Å². The molecule has 1 aromatic carbocycles. The van der Waals surface area contributed by atoms with Gasteiger partial charge in [0.15, 0.2) is 0 Å². The molecule has 0 bridgehead atoms. The van der Waals surface area contributed by atoms with E-state index in [2.05, 4.69) is 16.8 Å². The number of pyridine rings is 1. The Morgan fingerprint density at radius 2 is 1.87 bits per heavy atom. The fourth-order valence-corrected chi connectivity index (χ4v) is 2.44. The number of halogens is 1. The molecule has 5 nitrogen and oxygen atoms in total. The molecule has 0 spiro atoms. The van der Waals surface area contributed by atoms with Gasteiger partial charge in [-0.2, -0.15) is 0 Å². The van der Waals surface area contributed by atoms with E-state index in [1.54, 1.807) is 27.4 Å². The number of hydrogen-bond acceptors (Lipinski definition) is 5. The Morgan fingerprint density at radius 3 is 2.48 bits per heavy atom. The first kappa shape index (κ1) is 17.2. The Bertz CT molecular complexity index is 765. The monoisotopic (exact) mass is 335 g/mol. The second-order valence-corrected chi connectivity index (χ2v) is 4.93. The highest BCUT2D eigenvalue weighted by Gasteiger charge is 2.18. The zero-order valence-corrected chi connectivity index (χ0v) is 14.3. The predicted octanol–water partition coefficient (Wildman–Crippen LogP) is 3.30. The molecule has 0 unspecified atom stereocenters. The summed E-state index contributed by atoms with van der Waals surface area (Å²) in [6.07, 6.45) is 0.601. The Hall–Kier alpha value is -2.16. The van der Waals surface area contributed by atoms with Crippen molar-refractivity contribution < 1.29 is 18.9 Å². The molecule has 1 aromatic heterocycles. The average molecular weight is 336 g/mol. The summed E-state index contributed by atoms with van der Waals surface area (Å²) in [5, 5.41) is 1.15. The van der Waals surface area contributed by atoms with Gasteiger partial charge >= 0.3 is 0 Å². The van der Waals surface area contributed by atoms with Gasteiger partial charge in [0.1, 0.15) is 27.6 Å². The highest BCUT2D eigenvalue weighted by atomic mass is 35.5. The van der Waals surface area contributed by atoms with Crippen molar-refractivity contribution in [3.63, 3.8) is 0 Å². The van der Waals surface area contributed by atoms with Crippen molar-refractivity contribution in [1.29, 1.82) is 0 Å². The number of ether oxygens (including phenoxy) is 4. The molecule has 0 saturated heterocycles. The second kappa shape index (κ2) is 7.91. The molecule has 0 fully saturated rings. The molecule has 1 heterocycles. The lowest BCUT2D eigenvalue weighted by Crippen LogP contribution is -1.99. The van der Waals surface area contributed by atoms with Gasteiger partial charge in [-0.1, -0.05) is 23.4 Å². The highest BCUT2D eigenvalue weighted by Crippen LogP contribution is 2.40. The molecule has 2 aromatic rings. The summed E-state index contributed by atoms with van der Waals surface area (Å²) in [6, 6.07) is 3.61. The number of aromatic nitrogens is 1. The zero-order chi connectivity index (χ0) is 16.8. The van der Waals surface area contributed by atoms with E-state index in [-0.39, 0.29) is 0 Å². The lowest BCUT2D eigenvalue weighted by atomic mass is 10.1. The highest BCUT2D eigenvalue weighted by molar-refractivity contribution is 6.36. The van der Waals surface area contributed by atoms with Crippen LogP contribution in [0.4, 0.5) is 0 Å². The van der Waals surface area contributed by atoms with Crippen molar-refractivity contribution >= 4 is 22.5 Å². The number of rotatable bonds is 5.